The summed E-state index contributed by atoms with van der Waals surface area (Å²) in [6, 6.07) is 12.5. The standard InChI is InChI=1S/C20H22BrNO3/c1-4-12-5-10-16-15(11-12)17(18(23)20(2,3)25-16)22-19(24)13-6-8-14(21)9-7-13/h5-11,17-18,23H,4H2,1-3H3,(H,22,24)/t17-,18+/m1/s1. The van der Waals surface area contributed by atoms with Crippen LogP contribution in [-0.4, -0.2) is 22.7 Å². The molecule has 25 heavy (non-hydrogen) atoms. The van der Waals surface area contributed by atoms with Crippen LogP contribution in [0.15, 0.2) is 46.9 Å². The van der Waals surface area contributed by atoms with Gasteiger partial charge >= 0.3 is 0 Å². The van der Waals surface area contributed by atoms with E-state index in [-0.39, 0.29) is 5.91 Å². The van der Waals surface area contributed by atoms with Gasteiger partial charge in [-0.3, -0.25) is 4.79 Å². The molecule has 0 aliphatic carbocycles. The summed E-state index contributed by atoms with van der Waals surface area (Å²) in [5.41, 5.74) is 1.71. The minimum Gasteiger partial charge on any atom is -0.485 e. The van der Waals surface area contributed by atoms with E-state index in [9.17, 15) is 9.90 Å². The molecule has 5 heteroatoms. The number of aliphatic hydroxyl groups excluding tert-OH is 1. The predicted molar refractivity (Wildman–Crippen MR) is 101 cm³/mol. The summed E-state index contributed by atoms with van der Waals surface area (Å²) in [4.78, 5) is 12.7. The number of hydrogen-bond donors (Lipinski definition) is 2. The Kier molecular flexibility index (Phi) is 4.89. The highest BCUT2D eigenvalue weighted by Crippen LogP contribution is 2.40. The molecule has 0 fully saturated rings. The van der Waals surface area contributed by atoms with Crippen LogP contribution >= 0.6 is 15.9 Å². The Morgan fingerprint density at radius 2 is 1.92 bits per heavy atom. The van der Waals surface area contributed by atoms with E-state index in [0.29, 0.717) is 11.3 Å². The number of ether oxygens (including phenoxy) is 1. The fourth-order valence-electron chi connectivity index (χ4n) is 3.05. The number of hydrogen-bond acceptors (Lipinski definition) is 3. The number of halogens is 1. The third kappa shape index (κ3) is 3.58. The van der Waals surface area contributed by atoms with Crippen molar-refractivity contribution in [3.63, 3.8) is 0 Å². The number of aryl methyl sites for hydroxylation is 1. The number of carbonyl (C=O) groups excluding carboxylic acids is 1. The highest BCUT2D eigenvalue weighted by atomic mass is 79.9. The minimum atomic E-state index is -0.855. The molecule has 0 unspecified atom stereocenters. The van der Waals surface area contributed by atoms with Crippen molar-refractivity contribution in [3.8, 4) is 5.75 Å². The van der Waals surface area contributed by atoms with Gasteiger partial charge in [-0.2, -0.15) is 0 Å². The second kappa shape index (κ2) is 6.81. The summed E-state index contributed by atoms with van der Waals surface area (Å²) in [6.45, 7) is 5.72. The zero-order chi connectivity index (χ0) is 18.2. The molecule has 2 aromatic carbocycles. The molecule has 4 nitrogen and oxygen atoms in total. The molecule has 1 aliphatic rings. The van der Waals surface area contributed by atoms with E-state index >= 15 is 0 Å². The molecule has 0 saturated carbocycles. The van der Waals surface area contributed by atoms with E-state index in [1.807, 2.05) is 44.2 Å². The Morgan fingerprint density at radius 3 is 2.56 bits per heavy atom. The lowest BCUT2D eigenvalue weighted by molar-refractivity contribution is -0.0628. The van der Waals surface area contributed by atoms with Gasteiger partial charge in [0.15, 0.2) is 0 Å². The van der Waals surface area contributed by atoms with Crippen molar-refractivity contribution in [2.75, 3.05) is 0 Å². The zero-order valence-corrected chi connectivity index (χ0v) is 16.1. The molecule has 0 saturated heterocycles. The van der Waals surface area contributed by atoms with Crippen LogP contribution < -0.4 is 10.1 Å². The summed E-state index contributed by atoms with van der Waals surface area (Å²) in [7, 11) is 0. The highest BCUT2D eigenvalue weighted by molar-refractivity contribution is 9.10. The van der Waals surface area contributed by atoms with Crippen molar-refractivity contribution in [1.29, 1.82) is 0 Å². The fourth-order valence-corrected chi connectivity index (χ4v) is 3.32. The van der Waals surface area contributed by atoms with E-state index < -0.39 is 17.7 Å². The molecule has 1 amide bonds. The molecule has 1 aliphatic heterocycles. The maximum absolute atomic E-state index is 12.7. The van der Waals surface area contributed by atoms with Gasteiger partial charge in [0, 0.05) is 15.6 Å². The van der Waals surface area contributed by atoms with E-state index in [2.05, 4.69) is 28.2 Å². The Morgan fingerprint density at radius 1 is 1.24 bits per heavy atom. The first-order valence-electron chi connectivity index (χ1n) is 8.38. The summed E-state index contributed by atoms with van der Waals surface area (Å²) in [5.74, 6) is 0.482. The molecular weight excluding hydrogens is 382 g/mol. The van der Waals surface area contributed by atoms with Crippen LogP contribution in [0.3, 0.4) is 0 Å². The molecule has 2 atom stereocenters. The molecule has 0 spiro atoms. The van der Waals surface area contributed by atoms with Gasteiger partial charge in [-0.15, -0.1) is 0 Å². The van der Waals surface area contributed by atoms with Crippen LogP contribution in [0.1, 0.15) is 48.3 Å². The van der Waals surface area contributed by atoms with Gasteiger partial charge in [-0.25, -0.2) is 0 Å². The van der Waals surface area contributed by atoms with E-state index in [1.54, 1.807) is 12.1 Å². The average molecular weight is 404 g/mol. The third-order valence-corrected chi connectivity index (χ3v) is 5.14. The number of benzene rings is 2. The van der Waals surface area contributed by atoms with Crippen LogP contribution in [-0.2, 0) is 6.42 Å². The topological polar surface area (TPSA) is 58.6 Å². The van der Waals surface area contributed by atoms with Crippen molar-refractivity contribution in [2.24, 2.45) is 0 Å². The van der Waals surface area contributed by atoms with Crippen LogP contribution in [0.2, 0.25) is 0 Å². The van der Waals surface area contributed by atoms with Gasteiger partial charge in [0.25, 0.3) is 5.91 Å². The molecule has 2 aromatic rings. The van der Waals surface area contributed by atoms with Gasteiger partial charge < -0.3 is 15.2 Å². The number of rotatable bonds is 3. The molecule has 132 valence electrons. The van der Waals surface area contributed by atoms with Crippen molar-refractivity contribution in [1.82, 2.24) is 5.32 Å². The van der Waals surface area contributed by atoms with Crippen LogP contribution in [0.5, 0.6) is 5.75 Å². The normalized spacial score (nSPS) is 21.2. The van der Waals surface area contributed by atoms with E-state index in [0.717, 1.165) is 22.0 Å². The largest absolute Gasteiger partial charge is 0.485 e. The molecular formula is C20H22BrNO3. The third-order valence-electron chi connectivity index (χ3n) is 4.61. The van der Waals surface area contributed by atoms with Gasteiger partial charge in [-0.1, -0.05) is 28.9 Å². The van der Waals surface area contributed by atoms with Crippen molar-refractivity contribution in [2.45, 2.75) is 44.9 Å². The van der Waals surface area contributed by atoms with Crippen molar-refractivity contribution >= 4 is 21.8 Å². The Balaban J connectivity index is 1.95. The number of fused-ring (bicyclic) bond motifs is 1. The van der Waals surface area contributed by atoms with Gasteiger partial charge in [0.1, 0.15) is 17.5 Å². The first-order chi connectivity index (χ1) is 11.8. The highest BCUT2D eigenvalue weighted by Gasteiger charge is 2.43. The van der Waals surface area contributed by atoms with Crippen molar-refractivity contribution < 1.29 is 14.6 Å². The number of nitrogens with one attached hydrogen (secondary N) is 1. The number of aliphatic hydroxyl groups is 1. The lowest BCUT2D eigenvalue weighted by Gasteiger charge is -2.42. The Labute approximate surface area is 156 Å². The summed E-state index contributed by atoms with van der Waals surface area (Å²) in [5, 5.41) is 13.8. The molecule has 0 aromatic heterocycles. The van der Waals surface area contributed by atoms with Gasteiger partial charge in [0.2, 0.25) is 0 Å². The predicted octanol–water partition coefficient (Wildman–Crippen LogP) is 4.01. The van der Waals surface area contributed by atoms with Gasteiger partial charge in [0.05, 0.1) is 6.04 Å². The lowest BCUT2D eigenvalue weighted by atomic mass is 9.85. The monoisotopic (exact) mass is 403 g/mol. The van der Waals surface area contributed by atoms with E-state index in [1.165, 1.54) is 0 Å². The summed E-state index contributed by atoms with van der Waals surface area (Å²) < 4.78 is 6.87. The summed E-state index contributed by atoms with van der Waals surface area (Å²) in [6.07, 6.45) is 0.0201. The average Bonchev–Trinajstić information content (AvgIpc) is 2.59. The SMILES string of the molecule is CCc1ccc2c(c1)[C@@H](NC(=O)c1ccc(Br)cc1)[C@H](O)C(C)(C)O2. The molecule has 0 bridgehead atoms. The minimum absolute atomic E-state index is 0.220. The number of amides is 1. The number of carbonyl (C=O) groups is 1. The molecule has 2 N–H and O–H groups in total. The Bertz CT molecular complexity index is 786. The smallest absolute Gasteiger partial charge is 0.251 e. The second-order valence-electron chi connectivity index (χ2n) is 6.83. The fraction of sp³-hybridized carbons (Fsp3) is 0.350. The lowest BCUT2D eigenvalue weighted by Crippen LogP contribution is -2.53. The van der Waals surface area contributed by atoms with Crippen LogP contribution in [0.25, 0.3) is 0 Å². The molecule has 1 heterocycles. The molecule has 0 radical (unpaired) electrons. The maximum atomic E-state index is 12.7. The first kappa shape index (κ1) is 18.0. The molecule has 3 rings (SSSR count). The Hall–Kier alpha value is -1.85. The maximum Gasteiger partial charge on any atom is 0.251 e. The van der Waals surface area contributed by atoms with Crippen LogP contribution in [0, 0.1) is 0 Å². The first-order valence-corrected chi connectivity index (χ1v) is 9.17. The van der Waals surface area contributed by atoms with Gasteiger partial charge in [-0.05, 0) is 62.2 Å². The van der Waals surface area contributed by atoms with Crippen LogP contribution in [0.4, 0.5) is 0 Å². The quantitative estimate of drug-likeness (QED) is 0.813. The van der Waals surface area contributed by atoms with E-state index in [4.69, 9.17) is 4.74 Å². The second-order valence-corrected chi connectivity index (χ2v) is 7.75. The van der Waals surface area contributed by atoms with Crippen molar-refractivity contribution in [3.05, 3.63) is 63.6 Å². The zero-order valence-electron chi connectivity index (χ0n) is 14.5. The summed E-state index contributed by atoms with van der Waals surface area (Å²) >= 11 is 3.37.